The molecule has 0 saturated carbocycles. The van der Waals surface area contributed by atoms with Crippen LogP contribution in [0.15, 0.2) is 18.2 Å². The highest BCUT2D eigenvalue weighted by atomic mass is 16.5. The van der Waals surface area contributed by atoms with Crippen LogP contribution in [0.3, 0.4) is 0 Å². The first-order chi connectivity index (χ1) is 8.29. The summed E-state index contributed by atoms with van der Waals surface area (Å²) in [6.07, 6.45) is 2.67. The van der Waals surface area contributed by atoms with Crippen molar-refractivity contribution < 1.29 is 9.53 Å². The van der Waals surface area contributed by atoms with E-state index >= 15 is 0 Å². The third-order valence-electron chi connectivity index (χ3n) is 2.87. The Labute approximate surface area is 101 Å². The van der Waals surface area contributed by atoms with Crippen LogP contribution in [0.1, 0.15) is 18.4 Å². The van der Waals surface area contributed by atoms with Crippen LogP contribution in [-0.2, 0) is 16.0 Å². The Bertz CT molecular complexity index is 404. The topological polar surface area (TPSA) is 50.4 Å². The number of hydrogen-bond donors (Lipinski definition) is 2. The molecule has 0 radical (unpaired) electrons. The van der Waals surface area contributed by atoms with Crippen molar-refractivity contribution in [2.45, 2.75) is 19.3 Å². The molecule has 0 aliphatic carbocycles. The maximum absolute atomic E-state index is 11.5. The van der Waals surface area contributed by atoms with E-state index in [4.69, 9.17) is 4.74 Å². The second kappa shape index (κ2) is 5.68. The van der Waals surface area contributed by atoms with Crippen molar-refractivity contribution in [3.05, 3.63) is 23.8 Å². The fourth-order valence-electron chi connectivity index (χ4n) is 1.96. The number of carbonyl (C=O) groups is 1. The number of benzene rings is 1. The van der Waals surface area contributed by atoms with E-state index in [9.17, 15) is 4.79 Å². The summed E-state index contributed by atoms with van der Waals surface area (Å²) in [5.41, 5.74) is 3.31. The zero-order valence-corrected chi connectivity index (χ0v) is 10.1. The molecule has 17 heavy (non-hydrogen) atoms. The summed E-state index contributed by atoms with van der Waals surface area (Å²) in [6.45, 7) is 1.46. The van der Waals surface area contributed by atoms with Gasteiger partial charge in [-0.3, -0.25) is 4.79 Å². The first kappa shape index (κ1) is 11.9. The Kier molecular flexibility index (Phi) is 3.98. The summed E-state index contributed by atoms with van der Waals surface area (Å²) in [7, 11) is 1.59. The van der Waals surface area contributed by atoms with Crippen LogP contribution in [-0.4, -0.2) is 26.2 Å². The molecule has 0 aromatic heterocycles. The third kappa shape index (κ3) is 3.20. The number of carbonyl (C=O) groups excluding carboxylic acids is 1. The molecule has 0 saturated heterocycles. The summed E-state index contributed by atoms with van der Waals surface area (Å²) in [4.78, 5) is 11.5. The van der Waals surface area contributed by atoms with Crippen LogP contribution >= 0.6 is 0 Å². The predicted molar refractivity (Wildman–Crippen MR) is 68.4 cm³/mol. The lowest BCUT2D eigenvalue weighted by Gasteiger charge is -2.18. The van der Waals surface area contributed by atoms with Gasteiger partial charge in [0.05, 0.1) is 13.0 Å². The number of rotatable bonds is 4. The minimum absolute atomic E-state index is 0.0115. The second-order valence-corrected chi connectivity index (χ2v) is 4.19. The number of ether oxygens (including phenoxy) is 1. The minimum atomic E-state index is -0.0115. The zero-order chi connectivity index (χ0) is 12.1. The summed E-state index contributed by atoms with van der Waals surface area (Å²) in [6, 6.07) is 6.03. The quantitative estimate of drug-likeness (QED) is 0.838. The fraction of sp³-hybridized carbons (Fsp3) is 0.462. The van der Waals surface area contributed by atoms with Crippen LogP contribution in [0.25, 0.3) is 0 Å². The van der Waals surface area contributed by atoms with Crippen LogP contribution in [0.5, 0.6) is 0 Å². The molecule has 92 valence electrons. The molecule has 4 nitrogen and oxygen atoms in total. The monoisotopic (exact) mass is 234 g/mol. The van der Waals surface area contributed by atoms with Crippen molar-refractivity contribution in [3.63, 3.8) is 0 Å². The van der Waals surface area contributed by atoms with Crippen molar-refractivity contribution in [1.82, 2.24) is 0 Å². The molecular weight excluding hydrogens is 216 g/mol. The van der Waals surface area contributed by atoms with Gasteiger partial charge in [0.1, 0.15) is 0 Å². The van der Waals surface area contributed by atoms with E-state index in [-0.39, 0.29) is 5.91 Å². The predicted octanol–water partition coefficient (Wildman–Crippen LogP) is 2.02. The molecule has 1 aromatic carbocycles. The lowest BCUT2D eigenvalue weighted by atomic mass is 10.0. The fourth-order valence-corrected chi connectivity index (χ4v) is 1.96. The Morgan fingerprint density at radius 3 is 3.24 bits per heavy atom. The molecule has 1 heterocycles. The second-order valence-electron chi connectivity index (χ2n) is 4.19. The smallest absolute Gasteiger partial charge is 0.226 e. The summed E-state index contributed by atoms with van der Waals surface area (Å²) >= 11 is 0. The Morgan fingerprint density at radius 2 is 2.41 bits per heavy atom. The molecular formula is C13H18N2O2. The van der Waals surface area contributed by atoms with Crippen LogP contribution in [0.4, 0.5) is 11.4 Å². The van der Waals surface area contributed by atoms with Crippen LogP contribution in [0, 0.1) is 0 Å². The average molecular weight is 234 g/mol. The van der Waals surface area contributed by atoms with Gasteiger partial charge in [0.25, 0.3) is 0 Å². The van der Waals surface area contributed by atoms with E-state index in [1.807, 2.05) is 12.1 Å². The summed E-state index contributed by atoms with van der Waals surface area (Å²) in [5, 5.41) is 6.21. The number of methoxy groups -OCH3 is 1. The highest BCUT2D eigenvalue weighted by Crippen LogP contribution is 2.25. The van der Waals surface area contributed by atoms with Crippen molar-refractivity contribution in [1.29, 1.82) is 0 Å². The van der Waals surface area contributed by atoms with Crippen molar-refractivity contribution >= 4 is 17.3 Å². The molecule has 1 amide bonds. The van der Waals surface area contributed by atoms with Gasteiger partial charge in [-0.05, 0) is 30.5 Å². The van der Waals surface area contributed by atoms with E-state index < -0.39 is 0 Å². The number of fused-ring (bicyclic) bond motifs is 1. The number of anilines is 2. The molecule has 2 N–H and O–H groups in total. The lowest BCUT2D eigenvalue weighted by molar-refractivity contribution is -0.117. The Morgan fingerprint density at radius 1 is 1.53 bits per heavy atom. The number of amides is 1. The molecule has 1 aliphatic heterocycles. The lowest BCUT2D eigenvalue weighted by Crippen LogP contribution is -2.15. The normalized spacial score (nSPS) is 13.7. The maximum Gasteiger partial charge on any atom is 0.226 e. The van der Waals surface area contributed by atoms with Gasteiger partial charge in [-0.2, -0.15) is 0 Å². The Balaban J connectivity index is 1.99. The van der Waals surface area contributed by atoms with E-state index in [2.05, 4.69) is 16.7 Å². The van der Waals surface area contributed by atoms with E-state index in [1.54, 1.807) is 7.11 Å². The molecule has 1 aromatic rings. The first-order valence-electron chi connectivity index (χ1n) is 5.95. The molecule has 0 spiro atoms. The molecule has 0 bridgehead atoms. The van der Waals surface area contributed by atoms with E-state index in [0.717, 1.165) is 24.3 Å². The molecule has 0 fully saturated rings. The molecule has 0 atom stereocenters. The van der Waals surface area contributed by atoms with Crippen LogP contribution in [0.2, 0.25) is 0 Å². The average Bonchev–Trinajstić information content (AvgIpc) is 2.36. The van der Waals surface area contributed by atoms with Gasteiger partial charge in [0.15, 0.2) is 0 Å². The summed E-state index contributed by atoms with van der Waals surface area (Å²) in [5.74, 6) is -0.0115. The highest BCUT2D eigenvalue weighted by molar-refractivity contribution is 5.91. The van der Waals surface area contributed by atoms with Gasteiger partial charge in [0, 0.05) is 25.0 Å². The highest BCUT2D eigenvalue weighted by Gasteiger charge is 2.09. The largest absolute Gasteiger partial charge is 0.385 e. The van der Waals surface area contributed by atoms with Crippen molar-refractivity contribution in [3.8, 4) is 0 Å². The SMILES string of the molecule is COCCC(=O)Nc1ccc2c(c1)NCCC2. The van der Waals surface area contributed by atoms with Gasteiger partial charge in [-0.1, -0.05) is 6.07 Å². The van der Waals surface area contributed by atoms with E-state index in [0.29, 0.717) is 13.0 Å². The minimum Gasteiger partial charge on any atom is -0.385 e. The standard InChI is InChI=1S/C13H18N2O2/c1-17-8-6-13(16)15-11-5-4-10-3-2-7-14-12(10)9-11/h4-5,9,14H,2-3,6-8H2,1H3,(H,15,16). The maximum atomic E-state index is 11.5. The van der Waals surface area contributed by atoms with Gasteiger partial charge in [-0.15, -0.1) is 0 Å². The van der Waals surface area contributed by atoms with Crippen LogP contribution < -0.4 is 10.6 Å². The number of hydrogen-bond acceptors (Lipinski definition) is 3. The molecule has 2 rings (SSSR count). The van der Waals surface area contributed by atoms with E-state index in [1.165, 1.54) is 12.0 Å². The molecule has 1 aliphatic rings. The Hall–Kier alpha value is -1.55. The van der Waals surface area contributed by atoms with Gasteiger partial charge >= 0.3 is 0 Å². The number of nitrogens with one attached hydrogen (secondary N) is 2. The van der Waals surface area contributed by atoms with Crippen molar-refractivity contribution in [2.24, 2.45) is 0 Å². The molecule has 0 unspecified atom stereocenters. The third-order valence-corrected chi connectivity index (χ3v) is 2.87. The first-order valence-corrected chi connectivity index (χ1v) is 5.95. The van der Waals surface area contributed by atoms with Gasteiger partial charge in [-0.25, -0.2) is 0 Å². The van der Waals surface area contributed by atoms with Gasteiger partial charge < -0.3 is 15.4 Å². The number of aryl methyl sites for hydroxylation is 1. The van der Waals surface area contributed by atoms with Gasteiger partial charge in [0.2, 0.25) is 5.91 Å². The van der Waals surface area contributed by atoms with Crippen molar-refractivity contribution in [2.75, 3.05) is 30.9 Å². The zero-order valence-electron chi connectivity index (χ0n) is 10.1. The molecule has 4 heteroatoms. The summed E-state index contributed by atoms with van der Waals surface area (Å²) < 4.78 is 4.87.